The zero-order valence-electron chi connectivity index (χ0n) is 12.2. The Morgan fingerprint density at radius 2 is 2.21 bits per heavy atom. The number of nitrogens with one attached hydrogen (secondary N) is 1. The van der Waals surface area contributed by atoms with Crippen LogP contribution in [0.2, 0.25) is 5.15 Å². The first-order valence-corrected chi connectivity index (χ1v) is 7.01. The number of aromatic nitrogens is 3. The number of alkyl halides is 3. The van der Waals surface area contributed by atoms with Crippen LogP contribution in [0.25, 0.3) is 5.69 Å². The van der Waals surface area contributed by atoms with Gasteiger partial charge in [0, 0.05) is 12.5 Å². The fourth-order valence-corrected chi connectivity index (χ4v) is 1.91. The normalized spacial score (nSPS) is 11.2. The number of pyridine rings is 1. The molecule has 0 aromatic carbocycles. The van der Waals surface area contributed by atoms with Gasteiger partial charge in [0.2, 0.25) is 5.91 Å². The van der Waals surface area contributed by atoms with E-state index in [1.807, 2.05) is 0 Å². The largest absolute Gasteiger partial charge is 0.464 e. The van der Waals surface area contributed by atoms with Crippen LogP contribution < -0.4 is 10.1 Å². The molecule has 10 heteroatoms. The monoisotopic (exact) mass is 360 g/mol. The lowest BCUT2D eigenvalue weighted by atomic mass is 10.3. The molecule has 0 fully saturated rings. The van der Waals surface area contributed by atoms with Crippen LogP contribution >= 0.6 is 11.6 Å². The van der Waals surface area contributed by atoms with E-state index in [-0.39, 0.29) is 10.8 Å². The Bertz CT molecular complexity index is 746. The highest BCUT2D eigenvalue weighted by Gasteiger charge is 2.28. The van der Waals surface area contributed by atoms with E-state index in [4.69, 9.17) is 16.3 Å². The van der Waals surface area contributed by atoms with Crippen molar-refractivity contribution in [3.63, 3.8) is 0 Å². The van der Waals surface area contributed by atoms with Crippen LogP contribution in [0.15, 0.2) is 37.5 Å². The highest BCUT2D eigenvalue weighted by Crippen LogP contribution is 2.25. The van der Waals surface area contributed by atoms with Crippen molar-refractivity contribution in [1.29, 1.82) is 0 Å². The Morgan fingerprint density at radius 1 is 1.46 bits per heavy atom. The van der Waals surface area contributed by atoms with Gasteiger partial charge in [-0.3, -0.25) is 9.78 Å². The number of hydrogen-bond acceptors (Lipinski definition) is 4. The molecule has 0 saturated heterocycles. The van der Waals surface area contributed by atoms with E-state index < -0.39 is 24.9 Å². The number of ether oxygens (including phenoxy) is 1. The third kappa shape index (κ3) is 4.98. The van der Waals surface area contributed by atoms with Gasteiger partial charge in [-0.2, -0.15) is 18.3 Å². The van der Waals surface area contributed by atoms with E-state index in [1.54, 1.807) is 6.07 Å². The van der Waals surface area contributed by atoms with Crippen LogP contribution in [0.3, 0.4) is 0 Å². The molecule has 0 saturated carbocycles. The van der Waals surface area contributed by atoms with Gasteiger partial charge in [-0.1, -0.05) is 18.2 Å². The summed E-state index contributed by atoms with van der Waals surface area (Å²) >= 11 is 5.89. The van der Waals surface area contributed by atoms with Gasteiger partial charge in [0.25, 0.3) is 0 Å². The lowest BCUT2D eigenvalue weighted by molar-refractivity contribution is -0.142. The van der Waals surface area contributed by atoms with Crippen molar-refractivity contribution in [2.75, 3.05) is 5.32 Å². The van der Waals surface area contributed by atoms with Crippen molar-refractivity contribution < 1.29 is 22.7 Å². The first kappa shape index (κ1) is 17.8. The molecule has 2 heterocycles. The van der Waals surface area contributed by atoms with Crippen molar-refractivity contribution >= 4 is 23.2 Å². The second-order valence-electron chi connectivity index (χ2n) is 4.60. The van der Waals surface area contributed by atoms with Crippen LogP contribution in [0.4, 0.5) is 18.9 Å². The Labute approximate surface area is 139 Å². The first-order chi connectivity index (χ1) is 11.3. The van der Waals surface area contributed by atoms with Gasteiger partial charge in [-0.05, 0) is 0 Å². The summed E-state index contributed by atoms with van der Waals surface area (Å²) < 4.78 is 42.7. The molecule has 2 rings (SSSR count). The van der Waals surface area contributed by atoms with Crippen LogP contribution in [0.1, 0.15) is 12.8 Å². The SMILES string of the molecule is C=COc1cncc(-n2cc(NC(=O)CCC(F)(F)F)c(Cl)n2)c1. The highest BCUT2D eigenvalue weighted by atomic mass is 35.5. The summed E-state index contributed by atoms with van der Waals surface area (Å²) in [6, 6.07) is 1.59. The molecule has 0 spiro atoms. The third-order valence-corrected chi connectivity index (χ3v) is 3.04. The van der Waals surface area contributed by atoms with Gasteiger partial charge in [-0.25, -0.2) is 4.68 Å². The molecule has 1 N–H and O–H groups in total. The molecule has 0 atom stereocenters. The van der Waals surface area contributed by atoms with E-state index in [9.17, 15) is 18.0 Å². The third-order valence-electron chi connectivity index (χ3n) is 2.76. The number of carbonyl (C=O) groups excluding carboxylic acids is 1. The van der Waals surface area contributed by atoms with E-state index in [0.29, 0.717) is 11.4 Å². The fourth-order valence-electron chi connectivity index (χ4n) is 1.73. The summed E-state index contributed by atoms with van der Waals surface area (Å²) in [5, 5.41) is 6.19. The van der Waals surface area contributed by atoms with Gasteiger partial charge >= 0.3 is 6.18 Å². The number of carbonyl (C=O) groups is 1. The smallest absolute Gasteiger partial charge is 0.389 e. The maximum atomic E-state index is 12.1. The zero-order chi connectivity index (χ0) is 17.7. The summed E-state index contributed by atoms with van der Waals surface area (Å²) in [6.45, 7) is 3.42. The maximum absolute atomic E-state index is 12.1. The van der Waals surface area contributed by atoms with Crippen molar-refractivity contribution in [3.8, 4) is 11.4 Å². The molecule has 0 bridgehead atoms. The molecule has 0 radical (unpaired) electrons. The standard InChI is InChI=1S/C14H12ClF3N4O2/c1-2-24-10-5-9(6-19-7-10)22-8-11(13(15)21-22)20-12(23)3-4-14(16,17)18/h2,5-8H,1,3-4H2,(H,20,23). The Kier molecular flexibility index (Phi) is 5.45. The van der Waals surface area contributed by atoms with Crippen molar-refractivity contribution in [2.24, 2.45) is 0 Å². The molecular formula is C14H12ClF3N4O2. The number of hydrogen-bond donors (Lipinski definition) is 1. The molecule has 0 aliphatic heterocycles. The number of nitrogens with zero attached hydrogens (tertiary/aromatic N) is 3. The minimum Gasteiger partial charge on any atom is -0.464 e. The van der Waals surface area contributed by atoms with Crippen LogP contribution in [0, 0.1) is 0 Å². The van der Waals surface area contributed by atoms with Crippen molar-refractivity contribution in [3.05, 3.63) is 42.7 Å². The first-order valence-electron chi connectivity index (χ1n) is 6.63. The second kappa shape index (κ2) is 7.35. The Morgan fingerprint density at radius 3 is 2.88 bits per heavy atom. The molecular weight excluding hydrogens is 349 g/mol. The minimum absolute atomic E-state index is 0.0644. The van der Waals surface area contributed by atoms with Gasteiger partial charge < -0.3 is 10.1 Å². The Balaban J connectivity index is 2.11. The number of rotatable bonds is 6. The van der Waals surface area contributed by atoms with Gasteiger partial charge in [0.15, 0.2) is 5.15 Å². The fraction of sp³-hybridized carbons (Fsp3) is 0.214. The number of halogens is 4. The van der Waals surface area contributed by atoms with E-state index in [1.165, 1.54) is 29.5 Å². The van der Waals surface area contributed by atoms with Crippen LogP contribution in [-0.4, -0.2) is 26.8 Å². The predicted molar refractivity (Wildman–Crippen MR) is 81.1 cm³/mol. The van der Waals surface area contributed by atoms with E-state index in [2.05, 4.69) is 22.0 Å². The topological polar surface area (TPSA) is 69.0 Å². The summed E-state index contributed by atoms with van der Waals surface area (Å²) in [6.07, 6.45) is -0.802. The molecule has 128 valence electrons. The van der Waals surface area contributed by atoms with Gasteiger partial charge in [-0.15, -0.1) is 0 Å². The van der Waals surface area contributed by atoms with Gasteiger partial charge in [0.1, 0.15) is 5.75 Å². The average Bonchev–Trinajstić information content (AvgIpc) is 2.86. The van der Waals surface area contributed by atoms with E-state index in [0.717, 1.165) is 0 Å². The molecule has 2 aromatic rings. The highest BCUT2D eigenvalue weighted by molar-refractivity contribution is 6.32. The minimum atomic E-state index is -4.40. The van der Waals surface area contributed by atoms with Crippen molar-refractivity contribution in [2.45, 2.75) is 19.0 Å². The molecule has 0 aliphatic rings. The zero-order valence-corrected chi connectivity index (χ0v) is 12.9. The van der Waals surface area contributed by atoms with Crippen molar-refractivity contribution in [1.82, 2.24) is 14.8 Å². The molecule has 6 nitrogen and oxygen atoms in total. The predicted octanol–water partition coefficient (Wildman–Crippen LogP) is 3.72. The number of anilines is 1. The number of amides is 1. The summed E-state index contributed by atoms with van der Waals surface area (Å²) in [4.78, 5) is 15.5. The molecule has 2 aromatic heterocycles. The summed E-state index contributed by atoms with van der Waals surface area (Å²) in [5.41, 5.74) is 0.575. The van der Waals surface area contributed by atoms with E-state index >= 15 is 0 Å². The summed E-state index contributed by atoms with van der Waals surface area (Å²) in [7, 11) is 0. The lowest BCUT2D eigenvalue weighted by Gasteiger charge is -2.06. The molecule has 1 amide bonds. The van der Waals surface area contributed by atoms with Gasteiger partial charge in [0.05, 0.1) is 42.6 Å². The average molecular weight is 361 g/mol. The lowest BCUT2D eigenvalue weighted by Crippen LogP contribution is -2.16. The van der Waals surface area contributed by atoms with Crippen LogP contribution in [-0.2, 0) is 4.79 Å². The second-order valence-corrected chi connectivity index (χ2v) is 4.96. The quantitative estimate of drug-likeness (QED) is 0.797. The summed E-state index contributed by atoms with van der Waals surface area (Å²) in [5.74, 6) is -0.402. The van der Waals surface area contributed by atoms with Crippen LogP contribution in [0.5, 0.6) is 5.75 Å². The maximum Gasteiger partial charge on any atom is 0.389 e. The molecule has 24 heavy (non-hydrogen) atoms. The molecule has 0 aliphatic carbocycles. The molecule has 0 unspecified atom stereocenters. The Hall–Kier alpha value is -2.55.